The quantitative estimate of drug-likeness (QED) is 0.479. The van der Waals surface area contributed by atoms with E-state index in [1.54, 1.807) is 31.2 Å². The van der Waals surface area contributed by atoms with Gasteiger partial charge in [-0.3, -0.25) is 13.9 Å². The first kappa shape index (κ1) is 28.2. The topological polar surface area (TPSA) is 96.0 Å². The van der Waals surface area contributed by atoms with Crippen molar-refractivity contribution >= 4 is 27.5 Å². The van der Waals surface area contributed by atoms with E-state index in [4.69, 9.17) is 4.74 Å². The van der Waals surface area contributed by atoms with Gasteiger partial charge in [-0.05, 0) is 56.5 Å². The van der Waals surface area contributed by atoms with Gasteiger partial charge in [0.1, 0.15) is 18.3 Å². The van der Waals surface area contributed by atoms with E-state index < -0.39 is 28.5 Å². The molecule has 0 aliphatic carbocycles. The van der Waals surface area contributed by atoms with Gasteiger partial charge in [0.05, 0.1) is 18.6 Å². The van der Waals surface area contributed by atoms with Crippen LogP contribution in [0.4, 0.5) is 5.69 Å². The molecule has 2 rings (SSSR count). The number of ether oxygens (including phenoxy) is 1. The summed E-state index contributed by atoms with van der Waals surface area (Å²) >= 11 is 0. The average Bonchev–Trinajstić information content (AvgIpc) is 2.79. The van der Waals surface area contributed by atoms with E-state index in [0.29, 0.717) is 24.6 Å². The molecule has 8 nitrogen and oxygen atoms in total. The summed E-state index contributed by atoms with van der Waals surface area (Å²) in [5.74, 6) is 0.102. The van der Waals surface area contributed by atoms with Crippen molar-refractivity contribution in [2.45, 2.75) is 47.2 Å². The zero-order valence-electron chi connectivity index (χ0n) is 21.4. The monoisotopic (exact) mass is 503 g/mol. The van der Waals surface area contributed by atoms with Crippen molar-refractivity contribution in [2.24, 2.45) is 5.92 Å². The Bertz CT molecular complexity index is 1100. The van der Waals surface area contributed by atoms with Crippen LogP contribution in [-0.4, -0.2) is 57.1 Å². The number of hydrogen-bond acceptors (Lipinski definition) is 5. The number of sulfonamides is 1. The summed E-state index contributed by atoms with van der Waals surface area (Å²) in [4.78, 5) is 27.8. The third-order valence-corrected chi connectivity index (χ3v) is 6.54. The van der Waals surface area contributed by atoms with E-state index in [1.807, 2.05) is 52.0 Å². The molecule has 0 aliphatic rings. The second-order valence-corrected chi connectivity index (χ2v) is 10.9. The Morgan fingerprint density at radius 3 is 2.26 bits per heavy atom. The molecule has 2 aromatic rings. The van der Waals surface area contributed by atoms with Gasteiger partial charge in [-0.15, -0.1) is 0 Å². The van der Waals surface area contributed by atoms with E-state index in [0.717, 1.165) is 21.7 Å². The first-order chi connectivity index (χ1) is 16.4. The van der Waals surface area contributed by atoms with E-state index in [9.17, 15) is 18.0 Å². The van der Waals surface area contributed by atoms with Gasteiger partial charge in [-0.25, -0.2) is 8.42 Å². The number of nitrogens with zero attached hydrogens (tertiary/aromatic N) is 2. The number of carbonyl (C=O) groups excluding carboxylic acids is 2. The molecule has 192 valence electrons. The van der Waals surface area contributed by atoms with Crippen molar-refractivity contribution in [3.63, 3.8) is 0 Å². The number of rotatable bonds is 12. The summed E-state index contributed by atoms with van der Waals surface area (Å²) in [6.07, 6.45) is 1.06. The zero-order valence-corrected chi connectivity index (χ0v) is 22.3. The molecule has 1 unspecified atom stereocenters. The number of carbonyl (C=O) groups is 2. The van der Waals surface area contributed by atoms with E-state index in [1.165, 1.54) is 4.90 Å². The molecule has 0 aliphatic heterocycles. The van der Waals surface area contributed by atoms with Crippen LogP contribution in [0.1, 0.15) is 38.8 Å². The van der Waals surface area contributed by atoms with Crippen molar-refractivity contribution in [3.8, 4) is 5.75 Å². The summed E-state index contributed by atoms with van der Waals surface area (Å²) in [7, 11) is -3.77. The second kappa shape index (κ2) is 12.6. The van der Waals surface area contributed by atoms with E-state index in [2.05, 4.69) is 5.32 Å². The van der Waals surface area contributed by atoms with Crippen LogP contribution in [-0.2, 0) is 26.2 Å². The Morgan fingerprint density at radius 1 is 1.06 bits per heavy atom. The first-order valence-corrected chi connectivity index (χ1v) is 13.6. The Labute approximate surface area is 209 Å². The lowest BCUT2D eigenvalue weighted by atomic mass is 10.1. The van der Waals surface area contributed by atoms with Crippen LogP contribution in [0.5, 0.6) is 5.75 Å². The molecule has 0 radical (unpaired) electrons. The van der Waals surface area contributed by atoms with E-state index in [-0.39, 0.29) is 18.4 Å². The SMILES string of the molecule is CCOc1ccc(N(CC(=O)N(Cc2cccc(C)c2)C(C)C(=O)NCC(C)C)S(C)(=O)=O)cc1. The normalized spacial score (nSPS) is 12.2. The molecule has 0 saturated carbocycles. The smallest absolute Gasteiger partial charge is 0.244 e. The number of hydrogen-bond donors (Lipinski definition) is 1. The standard InChI is InChI=1S/C26H37N3O5S/c1-7-34-24-13-11-23(12-14-24)29(35(6,32)33)18-25(30)28(17-22-10-8-9-20(4)15-22)21(5)26(31)27-16-19(2)3/h8-15,19,21H,7,16-18H2,1-6H3,(H,27,31). The minimum Gasteiger partial charge on any atom is -0.494 e. The van der Waals surface area contributed by atoms with Gasteiger partial charge >= 0.3 is 0 Å². The summed E-state index contributed by atoms with van der Waals surface area (Å²) in [6, 6.07) is 13.4. The van der Waals surface area contributed by atoms with E-state index >= 15 is 0 Å². The number of amides is 2. The lowest BCUT2D eigenvalue weighted by Crippen LogP contribution is -2.51. The molecule has 35 heavy (non-hydrogen) atoms. The molecular weight excluding hydrogens is 466 g/mol. The van der Waals surface area contributed by atoms with Crippen LogP contribution in [0, 0.1) is 12.8 Å². The molecule has 0 heterocycles. The van der Waals surface area contributed by atoms with Crippen LogP contribution >= 0.6 is 0 Å². The van der Waals surface area contributed by atoms with Crippen molar-refractivity contribution in [2.75, 3.05) is 30.3 Å². The molecule has 2 amide bonds. The second-order valence-electron chi connectivity index (χ2n) is 9.02. The summed E-state index contributed by atoms with van der Waals surface area (Å²) in [6.45, 7) is 10.2. The van der Waals surface area contributed by atoms with Crippen LogP contribution in [0.2, 0.25) is 0 Å². The number of anilines is 1. The third kappa shape index (κ3) is 8.58. The molecule has 0 spiro atoms. The Kier molecular flexibility index (Phi) is 10.1. The van der Waals surface area contributed by atoms with Gasteiger partial charge in [0.2, 0.25) is 21.8 Å². The molecule has 0 aromatic heterocycles. The predicted molar refractivity (Wildman–Crippen MR) is 139 cm³/mol. The van der Waals surface area contributed by atoms with Crippen LogP contribution in [0.3, 0.4) is 0 Å². The molecule has 9 heteroatoms. The highest BCUT2D eigenvalue weighted by Crippen LogP contribution is 2.22. The van der Waals surface area contributed by atoms with Gasteiger partial charge < -0.3 is 15.0 Å². The molecule has 2 aromatic carbocycles. The minimum atomic E-state index is -3.77. The highest BCUT2D eigenvalue weighted by atomic mass is 32.2. The highest BCUT2D eigenvalue weighted by Gasteiger charge is 2.30. The summed E-state index contributed by atoms with van der Waals surface area (Å²) in [5.41, 5.74) is 2.23. The number of nitrogens with one attached hydrogen (secondary N) is 1. The van der Waals surface area contributed by atoms with Gasteiger partial charge in [-0.2, -0.15) is 0 Å². The van der Waals surface area contributed by atoms with Crippen molar-refractivity contribution in [1.29, 1.82) is 0 Å². The fourth-order valence-electron chi connectivity index (χ4n) is 3.53. The maximum Gasteiger partial charge on any atom is 0.244 e. The predicted octanol–water partition coefficient (Wildman–Crippen LogP) is 3.35. The molecule has 1 atom stereocenters. The average molecular weight is 504 g/mol. The Hall–Kier alpha value is -3.07. The third-order valence-electron chi connectivity index (χ3n) is 5.40. The number of benzene rings is 2. The molecular formula is C26H37N3O5S. The molecule has 0 saturated heterocycles. The maximum atomic E-state index is 13.5. The van der Waals surface area contributed by atoms with Crippen molar-refractivity contribution in [1.82, 2.24) is 10.2 Å². The lowest BCUT2D eigenvalue weighted by Gasteiger charge is -2.31. The molecule has 0 bridgehead atoms. The zero-order chi connectivity index (χ0) is 26.2. The van der Waals surface area contributed by atoms with Gasteiger partial charge in [-0.1, -0.05) is 43.7 Å². The van der Waals surface area contributed by atoms with Crippen LogP contribution in [0.25, 0.3) is 0 Å². The number of aryl methyl sites for hydroxylation is 1. The lowest BCUT2D eigenvalue weighted by molar-refractivity contribution is -0.139. The fourth-order valence-corrected chi connectivity index (χ4v) is 4.38. The summed E-state index contributed by atoms with van der Waals surface area (Å²) < 4.78 is 31.7. The van der Waals surface area contributed by atoms with Crippen molar-refractivity contribution < 1.29 is 22.7 Å². The summed E-state index contributed by atoms with van der Waals surface area (Å²) in [5, 5.41) is 2.87. The molecule has 1 N–H and O–H groups in total. The maximum absolute atomic E-state index is 13.5. The Balaban J connectivity index is 2.35. The van der Waals surface area contributed by atoms with Crippen molar-refractivity contribution in [3.05, 3.63) is 59.7 Å². The van der Waals surface area contributed by atoms with Gasteiger partial charge in [0.15, 0.2) is 0 Å². The minimum absolute atomic E-state index is 0.178. The molecule has 0 fully saturated rings. The van der Waals surface area contributed by atoms with Gasteiger partial charge in [0.25, 0.3) is 0 Å². The largest absolute Gasteiger partial charge is 0.494 e. The van der Waals surface area contributed by atoms with Gasteiger partial charge in [0, 0.05) is 13.1 Å². The van der Waals surface area contributed by atoms with Crippen LogP contribution < -0.4 is 14.4 Å². The first-order valence-electron chi connectivity index (χ1n) is 11.8. The highest BCUT2D eigenvalue weighted by molar-refractivity contribution is 7.92. The Morgan fingerprint density at radius 2 is 1.71 bits per heavy atom. The fraction of sp³-hybridized carbons (Fsp3) is 0.462. The van der Waals surface area contributed by atoms with Crippen LogP contribution in [0.15, 0.2) is 48.5 Å².